The number of ether oxygens (including phenoxy) is 1. The fourth-order valence-electron chi connectivity index (χ4n) is 6.31. The van der Waals surface area contributed by atoms with Crippen molar-refractivity contribution in [3.8, 4) is 0 Å². The maximum absolute atomic E-state index is 14.1. The van der Waals surface area contributed by atoms with Crippen molar-refractivity contribution in [1.82, 2.24) is 29.8 Å². The minimum atomic E-state index is -4.55. The lowest BCUT2D eigenvalue weighted by Gasteiger charge is -2.42. The van der Waals surface area contributed by atoms with Crippen molar-refractivity contribution in [2.24, 2.45) is 18.4 Å². The van der Waals surface area contributed by atoms with Gasteiger partial charge in [0.1, 0.15) is 5.82 Å². The molecule has 1 unspecified atom stereocenters. The van der Waals surface area contributed by atoms with E-state index in [9.17, 15) is 22.8 Å². The first kappa shape index (κ1) is 26.9. The Labute approximate surface area is 232 Å². The Kier molecular flexibility index (Phi) is 6.18. The first-order valence-electron chi connectivity index (χ1n) is 13.1. The zero-order valence-electron chi connectivity index (χ0n) is 22.6. The normalized spacial score (nSPS) is 21.7. The molecule has 1 aromatic carbocycles. The quantitative estimate of drug-likeness (QED) is 0.363. The fourth-order valence-corrected chi connectivity index (χ4v) is 6.31. The summed E-state index contributed by atoms with van der Waals surface area (Å²) in [6, 6.07) is 7.03. The molecule has 0 radical (unpaired) electrons. The van der Waals surface area contributed by atoms with E-state index in [0.717, 1.165) is 12.3 Å². The Morgan fingerprint density at radius 2 is 1.90 bits per heavy atom. The van der Waals surface area contributed by atoms with E-state index in [1.165, 1.54) is 23.1 Å². The molecule has 3 fully saturated rings. The first-order valence-corrected chi connectivity index (χ1v) is 13.1. The Morgan fingerprint density at radius 1 is 1.15 bits per heavy atom. The number of nitrogen functional groups attached to an aromatic ring is 1. The van der Waals surface area contributed by atoms with Gasteiger partial charge in [0.25, 0.3) is 5.91 Å². The molecule has 7 rings (SSSR count). The number of halogens is 3. The molecule has 3 aromatic heterocycles. The first-order chi connectivity index (χ1) is 19.4. The average Bonchev–Trinajstić information content (AvgIpc) is 3.62. The summed E-state index contributed by atoms with van der Waals surface area (Å²) in [4.78, 5) is 36.3. The van der Waals surface area contributed by atoms with Gasteiger partial charge in [-0.1, -0.05) is 0 Å². The summed E-state index contributed by atoms with van der Waals surface area (Å²) in [5.74, 6) is -0.160. The molecule has 0 saturated heterocycles. The molecular formula is C28H28F3N7O3. The zero-order valence-corrected chi connectivity index (χ0v) is 22.6. The number of fused-ring (bicyclic) bond motifs is 4. The van der Waals surface area contributed by atoms with Gasteiger partial charge in [-0.25, -0.2) is 9.99 Å². The molecule has 3 saturated carbocycles. The minimum Gasteiger partial charge on any atom is -0.383 e. The predicted octanol–water partition coefficient (Wildman–Crippen LogP) is 3.95. The molecule has 3 heterocycles. The molecule has 4 aromatic rings. The molecule has 3 aliphatic carbocycles. The van der Waals surface area contributed by atoms with Crippen molar-refractivity contribution in [2.75, 3.05) is 19.9 Å². The molecule has 0 aliphatic heterocycles. The zero-order chi connectivity index (χ0) is 29.3. The number of nitrogens with two attached hydrogens (primary N) is 1. The summed E-state index contributed by atoms with van der Waals surface area (Å²) in [5, 5.41) is 8.05. The second-order valence-electron chi connectivity index (χ2n) is 10.9. The molecule has 1 atom stereocenters. The fraction of sp³-hybridized carbons (Fsp3) is 0.393. The van der Waals surface area contributed by atoms with Crippen LogP contribution in [0.15, 0.2) is 42.7 Å². The van der Waals surface area contributed by atoms with Crippen LogP contribution in [0.2, 0.25) is 0 Å². The van der Waals surface area contributed by atoms with E-state index in [2.05, 4.69) is 15.1 Å². The second kappa shape index (κ2) is 9.40. The van der Waals surface area contributed by atoms with Gasteiger partial charge in [-0.2, -0.15) is 18.3 Å². The summed E-state index contributed by atoms with van der Waals surface area (Å²) in [7, 11) is 4.89. The van der Waals surface area contributed by atoms with Crippen LogP contribution in [-0.4, -0.2) is 61.8 Å². The van der Waals surface area contributed by atoms with E-state index in [-0.39, 0.29) is 29.8 Å². The molecule has 2 bridgehead atoms. The van der Waals surface area contributed by atoms with Crippen molar-refractivity contribution in [2.45, 2.75) is 38.1 Å². The molecule has 10 nitrogen and oxygen atoms in total. The number of anilines is 1. The molecule has 214 valence electrons. The third kappa shape index (κ3) is 4.35. The predicted molar refractivity (Wildman–Crippen MR) is 143 cm³/mol. The maximum Gasteiger partial charge on any atom is 0.417 e. The van der Waals surface area contributed by atoms with Crippen LogP contribution >= 0.6 is 0 Å². The maximum atomic E-state index is 14.1. The Balaban J connectivity index is 1.38. The van der Waals surface area contributed by atoms with Gasteiger partial charge in [-0.15, -0.1) is 0 Å². The summed E-state index contributed by atoms with van der Waals surface area (Å²) in [6.07, 6.45) is -0.364. The van der Waals surface area contributed by atoms with Gasteiger partial charge in [-0.05, 0) is 55.5 Å². The highest BCUT2D eigenvalue weighted by Gasteiger charge is 2.61. The Morgan fingerprint density at radius 3 is 2.54 bits per heavy atom. The monoisotopic (exact) mass is 567 g/mol. The summed E-state index contributed by atoms with van der Waals surface area (Å²) < 4.78 is 46.6. The number of alkyl halides is 3. The van der Waals surface area contributed by atoms with E-state index in [1.54, 1.807) is 43.2 Å². The third-order valence-corrected chi connectivity index (χ3v) is 8.49. The van der Waals surface area contributed by atoms with Crippen LogP contribution in [0.4, 0.5) is 19.0 Å². The number of aromatic nitrogens is 4. The number of hydrogen-bond donors (Lipinski definition) is 1. The third-order valence-electron chi connectivity index (χ3n) is 8.49. The van der Waals surface area contributed by atoms with Gasteiger partial charge in [-0.3, -0.25) is 24.3 Å². The van der Waals surface area contributed by atoms with Crippen molar-refractivity contribution in [1.29, 1.82) is 0 Å². The molecule has 13 heteroatoms. The van der Waals surface area contributed by atoms with Gasteiger partial charge >= 0.3 is 6.18 Å². The number of nitrogens with zero attached hydrogens (tertiary/aromatic N) is 6. The van der Waals surface area contributed by atoms with Gasteiger partial charge in [0.05, 0.1) is 51.9 Å². The number of carbonyl (C=O) groups is 2. The largest absolute Gasteiger partial charge is 0.417 e. The van der Waals surface area contributed by atoms with Crippen LogP contribution in [0.25, 0.3) is 21.8 Å². The summed E-state index contributed by atoms with van der Waals surface area (Å²) in [6.45, 7) is -0.217. The van der Waals surface area contributed by atoms with Crippen LogP contribution in [-0.2, 0) is 29.3 Å². The van der Waals surface area contributed by atoms with E-state index < -0.39 is 23.1 Å². The van der Waals surface area contributed by atoms with Crippen molar-refractivity contribution in [3.63, 3.8) is 0 Å². The number of methoxy groups -OCH3 is 1. The van der Waals surface area contributed by atoms with Gasteiger partial charge in [0.2, 0.25) is 5.91 Å². The topological polar surface area (TPSA) is 119 Å². The lowest BCUT2D eigenvalue weighted by Crippen LogP contribution is -2.54. The van der Waals surface area contributed by atoms with Crippen molar-refractivity contribution < 1.29 is 27.5 Å². The number of hydrogen-bond acceptors (Lipinski definition) is 7. The molecular weight excluding hydrogens is 539 g/mol. The highest BCUT2D eigenvalue weighted by atomic mass is 19.4. The van der Waals surface area contributed by atoms with Gasteiger partial charge in [0, 0.05) is 38.4 Å². The number of benzene rings is 1. The molecule has 41 heavy (non-hydrogen) atoms. The number of hydrazine groups is 1. The molecule has 0 spiro atoms. The number of carbonyl (C=O) groups excluding carboxylic acids is 2. The second-order valence-corrected chi connectivity index (χ2v) is 10.9. The molecule has 2 N–H and O–H groups in total. The van der Waals surface area contributed by atoms with Crippen LogP contribution in [0.1, 0.15) is 40.9 Å². The Hall–Kier alpha value is -4.26. The van der Waals surface area contributed by atoms with Crippen molar-refractivity contribution in [3.05, 3.63) is 59.5 Å². The van der Waals surface area contributed by atoms with Crippen LogP contribution in [0, 0.1) is 11.3 Å². The average molecular weight is 568 g/mol. The molecule has 3 aliphatic rings. The number of aryl methyl sites for hydroxylation is 1. The smallest absolute Gasteiger partial charge is 0.383 e. The van der Waals surface area contributed by atoms with E-state index in [0.29, 0.717) is 52.8 Å². The SMILES string of the molecule is COC1CC2(C(=O)N(C)N(Cc3ccc(C(F)(F)F)cn3)C(=O)c3ccc4nc(N)c5cnn(C)c5c4c3)CC1C2. The van der Waals surface area contributed by atoms with E-state index >= 15 is 0 Å². The van der Waals surface area contributed by atoms with E-state index in [1.807, 2.05) is 0 Å². The summed E-state index contributed by atoms with van der Waals surface area (Å²) >= 11 is 0. The van der Waals surface area contributed by atoms with Crippen LogP contribution < -0.4 is 5.73 Å². The standard InChI is InChI=1S/C28H28F3N7O3/c1-36-23-19-8-15(4-7-21(19)35-24(32)20(23)13-34-36)25(39)38(14-18-6-5-17(12-33-18)28(29,30)31)37(2)26(40)27-9-16(10-27)22(11-27)41-3/h4-8,12-13,16,22H,9-11,14H2,1-3H3,(H2,32,35). The number of rotatable bonds is 5. The van der Waals surface area contributed by atoms with E-state index in [4.69, 9.17) is 10.5 Å². The highest BCUT2D eigenvalue weighted by molar-refractivity contribution is 6.10. The van der Waals surface area contributed by atoms with Gasteiger partial charge < -0.3 is 10.5 Å². The van der Waals surface area contributed by atoms with Crippen molar-refractivity contribution >= 4 is 39.4 Å². The molecule has 2 amide bonds. The van der Waals surface area contributed by atoms with Crippen LogP contribution in [0.5, 0.6) is 0 Å². The van der Waals surface area contributed by atoms with Gasteiger partial charge in [0.15, 0.2) is 0 Å². The lowest BCUT2D eigenvalue weighted by molar-refractivity contribution is -0.158. The highest BCUT2D eigenvalue weighted by Crippen LogP contribution is 2.60. The number of pyridine rings is 2. The number of amides is 2. The minimum absolute atomic E-state index is 0.0187. The van der Waals surface area contributed by atoms with Crippen LogP contribution in [0.3, 0.4) is 0 Å². The Bertz CT molecular complexity index is 1680. The summed E-state index contributed by atoms with van der Waals surface area (Å²) in [5.41, 5.74) is 6.26. The lowest BCUT2D eigenvalue weighted by atomic mass is 9.69.